The molecule has 4 nitrogen and oxygen atoms in total. The van der Waals surface area contributed by atoms with Gasteiger partial charge in [-0.2, -0.15) is 0 Å². The number of rotatable bonds is 2. The summed E-state index contributed by atoms with van der Waals surface area (Å²) in [6.45, 7) is 7.59. The molecule has 5 atom stereocenters. The van der Waals surface area contributed by atoms with Crippen LogP contribution in [0.4, 0.5) is 0 Å². The third-order valence-electron chi connectivity index (χ3n) is 5.47. The van der Waals surface area contributed by atoms with Crippen LogP contribution in [0.1, 0.15) is 26.7 Å². The fourth-order valence-corrected chi connectivity index (χ4v) is 3.86. The molecule has 0 aromatic carbocycles. The third kappa shape index (κ3) is 1.37. The van der Waals surface area contributed by atoms with Crippen LogP contribution in [0.25, 0.3) is 0 Å². The number of ketones is 1. The first kappa shape index (κ1) is 13.0. The van der Waals surface area contributed by atoms with E-state index >= 15 is 0 Å². The van der Waals surface area contributed by atoms with E-state index in [9.17, 15) is 15.0 Å². The second-order valence-corrected chi connectivity index (χ2v) is 6.21. The molecule has 0 spiro atoms. The maximum Gasteiger partial charge on any atom is 0.194 e. The minimum absolute atomic E-state index is 0.0268. The average molecular weight is 264 g/mol. The van der Waals surface area contributed by atoms with Gasteiger partial charge in [-0.15, -0.1) is 0 Å². The molecule has 2 aliphatic carbocycles. The second-order valence-electron chi connectivity index (χ2n) is 6.21. The van der Waals surface area contributed by atoms with Gasteiger partial charge in [-0.3, -0.25) is 4.79 Å². The lowest BCUT2D eigenvalue weighted by molar-refractivity contribution is -0.119. The number of hydrogen-bond donors (Lipinski definition) is 2. The smallest absolute Gasteiger partial charge is 0.194 e. The maximum atomic E-state index is 12.3. The number of fused-ring (bicyclic) bond motifs is 3. The Balaban J connectivity index is 2.07. The van der Waals surface area contributed by atoms with Crippen molar-refractivity contribution in [2.45, 2.75) is 44.5 Å². The topological polar surface area (TPSA) is 70.1 Å². The van der Waals surface area contributed by atoms with Crippen molar-refractivity contribution in [3.8, 4) is 0 Å². The molecular weight excluding hydrogens is 244 g/mol. The highest BCUT2D eigenvalue weighted by molar-refractivity contribution is 6.04. The van der Waals surface area contributed by atoms with Crippen LogP contribution < -0.4 is 0 Å². The normalized spacial score (nSPS) is 48.1. The molecule has 0 radical (unpaired) electrons. The molecule has 0 aromatic rings. The zero-order valence-electron chi connectivity index (χ0n) is 11.3. The van der Waals surface area contributed by atoms with Crippen molar-refractivity contribution >= 4 is 5.78 Å². The lowest BCUT2D eigenvalue weighted by atomic mass is 9.57. The minimum Gasteiger partial charge on any atom is -0.393 e. The SMILES string of the molecule is C=C(CO)C12OC1C1(C)C(=CC2=O)CCC(O)C1C. The van der Waals surface area contributed by atoms with Gasteiger partial charge < -0.3 is 14.9 Å². The molecule has 0 aromatic heterocycles. The van der Waals surface area contributed by atoms with Crippen molar-refractivity contribution in [3.05, 3.63) is 23.8 Å². The summed E-state index contributed by atoms with van der Waals surface area (Å²) < 4.78 is 5.75. The molecule has 0 amide bonds. The van der Waals surface area contributed by atoms with Gasteiger partial charge in [0, 0.05) is 5.41 Å². The first-order chi connectivity index (χ1) is 8.88. The molecule has 5 unspecified atom stereocenters. The minimum atomic E-state index is -1.04. The van der Waals surface area contributed by atoms with E-state index in [0.29, 0.717) is 12.0 Å². The van der Waals surface area contributed by atoms with Crippen LogP contribution in [0.15, 0.2) is 23.8 Å². The number of ether oxygens (including phenoxy) is 1. The lowest BCUT2D eigenvalue weighted by Gasteiger charge is -2.46. The van der Waals surface area contributed by atoms with Gasteiger partial charge in [0.2, 0.25) is 0 Å². The molecule has 0 bridgehead atoms. The van der Waals surface area contributed by atoms with Crippen LogP contribution >= 0.6 is 0 Å². The number of epoxide rings is 1. The Morgan fingerprint density at radius 2 is 2.32 bits per heavy atom. The Kier molecular flexibility index (Phi) is 2.59. The van der Waals surface area contributed by atoms with Crippen LogP contribution in [0, 0.1) is 11.3 Å². The Labute approximate surface area is 112 Å². The van der Waals surface area contributed by atoms with Gasteiger partial charge in [0.05, 0.1) is 12.7 Å². The summed E-state index contributed by atoms with van der Waals surface area (Å²) in [5.74, 6) is -0.0772. The molecule has 4 heteroatoms. The molecule has 3 rings (SSSR count). The summed E-state index contributed by atoms with van der Waals surface area (Å²) in [6.07, 6.45) is 2.41. The standard InChI is InChI=1S/C15H20O4/c1-8(7-16)15-12(18)6-10-4-5-11(17)9(2)14(10,3)13(15)19-15/h6,9,11,13,16-17H,1,4-5,7H2,2-3H3. The van der Waals surface area contributed by atoms with Crippen molar-refractivity contribution in [1.29, 1.82) is 0 Å². The average Bonchev–Trinajstić information content (AvgIpc) is 3.15. The molecule has 104 valence electrons. The molecule has 3 aliphatic rings. The molecular formula is C15H20O4. The molecule has 1 aliphatic heterocycles. The van der Waals surface area contributed by atoms with Gasteiger partial charge in [-0.25, -0.2) is 0 Å². The van der Waals surface area contributed by atoms with Crippen LogP contribution in [0.3, 0.4) is 0 Å². The monoisotopic (exact) mass is 264 g/mol. The summed E-state index contributed by atoms with van der Waals surface area (Å²) in [5.41, 5.74) is 0.104. The second kappa shape index (κ2) is 3.78. The predicted octanol–water partition coefficient (Wildman–Crippen LogP) is 0.979. The highest BCUT2D eigenvalue weighted by atomic mass is 16.6. The first-order valence-electron chi connectivity index (χ1n) is 6.79. The number of aliphatic hydroxyl groups excluding tert-OH is 2. The van der Waals surface area contributed by atoms with E-state index in [-0.39, 0.29) is 35.9 Å². The lowest BCUT2D eigenvalue weighted by Crippen LogP contribution is -2.50. The van der Waals surface area contributed by atoms with Gasteiger partial charge in [-0.1, -0.05) is 26.0 Å². The Morgan fingerprint density at radius 3 is 2.95 bits per heavy atom. The van der Waals surface area contributed by atoms with Crippen molar-refractivity contribution < 1.29 is 19.7 Å². The fourth-order valence-electron chi connectivity index (χ4n) is 3.86. The third-order valence-corrected chi connectivity index (χ3v) is 5.47. The predicted molar refractivity (Wildman–Crippen MR) is 69.4 cm³/mol. The zero-order chi connectivity index (χ0) is 14.0. The fraction of sp³-hybridized carbons (Fsp3) is 0.667. The Hall–Kier alpha value is -0.970. The zero-order valence-corrected chi connectivity index (χ0v) is 11.3. The van der Waals surface area contributed by atoms with Gasteiger partial charge >= 0.3 is 0 Å². The molecule has 19 heavy (non-hydrogen) atoms. The van der Waals surface area contributed by atoms with E-state index in [1.165, 1.54) is 0 Å². The molecule has 1 heterocycles. The highest BCUT2D eigenvalue weighted by Crippen LogP contribution is 2.63. The van der Waals surface area contributed by atoms with E-state index in [2.05, 4.69) is 13.5 Å². The van der Waals surface area contributed by atoms with E-state index < -0.39 is 5.60 Å². The summed E-state index contributed by atoms with van der Waals surface area (Å²) >= 11 is 0. The van der Waals surface area contributed by atoms with Crippen molar-refractivity contribution in [3.63, 3.8) is 0 Å². The van der Waals surface area contributed by atoms with Crippen LogP contribution in [0.5, 0.6) is 0 Å². The van der Waals surface area contributed by atoms with Gasteiger partial charge in [0.25, 0.3) is 0 Å². The van der Waals surface area contributed by atoms with Crippen LogP contribution in [-0.4, -0.2) is 40.4 Å². The molecule has 2 N–H and O–H groups in total. The van der Waals surface area contributed by atoms with Crippen LogP contribution in [0.2, 0.25) is 0 Å². The van der Waals surface area contributed by atoms with Crippen molar-refractivity contribution in [2.24, 2.45) is 11.3 Å². The molecule has 1 saturated heterocycles. The summed E-state index contributed by atoms with van der Waals surface area (Å²) in [4.78, 5) is 12.3. The van der Waals surface area contributed by atoms with Gasteiger partial charge in [0.1, 0.15) is 6.10 Å². The van der Waals surface area contributed by atoms with Crippen LogP contribution in [-0.2, 0) is 9.53 Å². The van der Waals surface area contributed by atoms with Gasteiger partial charge in [-0.05, 0) is 30.4 Å². The Morgan fingerprint density at radius 1 is 1.63 bits per heavy atom. The van der Waals surface area contributed by atoms with E-state index in [1.807, 2.05) is 6.92 Å². The van der Waals surface area contributed by atoms with Gasteiger partial charge in [0.15, 0.2) is 11.4 Å². The first-order valence-corrected chi connectivity index (χ1v) is 6.79. The van der Waals surface area contributed by atoms with Crippen molar-refractivity contribution in [2.75, 3.05) is 6.61 Å². The Bertz CT molecular complexity index is 494. The quantitative estimate of drug-likeness (QED) is 0.576. The number of carbonyl (C=O) groups excluding carboxylic acids is 1. The summed E-state index contributed by atoms with van der Waals surface area (Å²) in [6, 6.07) is 0. The van der Waals surface area contributed by atoms with Crippen molar-refractivity contribution in [1.82, 2.24) is 0 Å². The number of aliphatic hydroxyl groups is 2. The number of carbonyl (C=O) groups is 1. The summed E-state index contributed by atoms with van der Waals surface area (Å²) in [7, 11) is 0. The molecule has 1 saturated carbocycles. The summed E-state index contributed by atoms with van der Waals surface area (Å²) in [5, 5.41) is 19.4. The maximum absolute atomic E-state index is 12.3. The largest absolute Gasteiger partial charge is 0.393 e. The van der Waals surface area contributed by atoms with E-state index in [1.54, 1.807) is 6.08 Å². The van der Waals surface area contributed by atoms with E-state index in [0.717, 1.165) is 12.0 Å². The number of hydrogen-bond acceptors (Lipinski definition) is 4. The highest BCUT2D eigenvalue weighted by Gasteiger charge is 2.74. The molecule has 2 fully saturated rings. The van der Waals surface area contributed by atoms with E-state index in [4.69, 9.17) is 4.74 Å².